The predicted octanol–water partition coefficient (Wildman–Crippen LogP) is 0.994. The Morgan fingerprint density at radius 1 is 0.917 bits per heavy atom. The first kappa shape index (κ1) is 25.1. The van der Waals surface area contributed by atoms with Gasteiger partial charge in [0.15, 0.2) is 0 Å². The van der Waals surface area contributed by atoms with Crippen molar-refractivity contribution in [1.82, 2.24) is 24.7 Å². The molecule has 0 radical (unpaired) electrons. The van der Waals surface area contributed by atoms with Gasteiger partial charge in [0, 0.05) is 57.9 Å². The third kappa shape index (κ3) is 6.33. The normalized spacial score (nSPS) is 14.0. The molecule has 2 N–H and O–H groups in total. The first-order valence-corrected chi connectivity index (χ1v) is 12.0. The third-order valence-corrected chi connectivity index (χ3v) is 6.25. The zero-order valence-electron chi connectivity index (χ0n) is 20.3. The zero-order valence-corrected chi connectivity index (χ0v) is 20.3. The lowest BCUT2D eigenvalue weighted by Gasteiger charge is -2.34. The highest BCUT2D eigenvalue weighted by Gasteiger charge is 2.21. The molecule has 1 fully saturated rings. The number of carbonyl (C=O) groups excluding carboxylic acids is 3. The molecule has 2 heterocycles. The van der Waals surface area contributed by atoms with E-state index in [1.807, 2.05) is 25.1 Å². The molecule has 1 aliphatic heterocycles. The van der Waals surface area contributed by atoms with Crippen LogP contribution >= 0.6 is 0 Å². The van der Waals surface area contributed by atoms with Crippen LogP contribution in [0.25, 0.3) is 10.9 Å². The fourth-order valence-corrected chi connectivity index (χ4v) is 4.09. The average molecular weight is 491 g/mol. The Morgan fingerprint density at radius 2 is 1.64 bits per heavy atom. The first-order chi connectivity index (χ1) is 17.4. The molecule has 10 heteroatoms. The van der Waals surface area contributed by atoms with Crippen molar-refractivity contribution in [2.75, 3.05) is 44.6 Å². The standard InChI is InChI=1S/C26H30N6O4/c1-19-6-8-20(9-7-19)29-25(35)24(34)27-11-13-30-14-16-31(17-15-30)23(33)10-12-32-18-28-22-5-3-2-4-21(22)26(32)36/h2-9,18H,10-17H2,1H3,(H,27,34)(H,29,35). The van der Waals surface area contributed by atoms with Crippen molar-refractivity contribution in [2.45, 2.75) is 19.9 Å². The number of anilines is 1. The van der Waals surface area contributed by atoms with E-state index in [0.29, 0.717) is 55.9 Å². The highest BCUT2D eigenvalue weighted by molar-refractivity contribution is 6.39. The first-order valence-electron chi connectivity index (χ1n) is 12.0. The lowest BCUT2D eigenvalue weighted by Crippen LogP contribution is -2.50. The van der Waals surface area contributed by atoms with Gasteiger partial charge in [-0.15, -0.1) is 0 Å². The Hall–Kier alpha value is -4.05. The lowest BCUT2D eigenvalue weighted by atomic mass is 10.2. The number of hydrogen-bond donors (Lipinski definition) is 2. The van der Waals surface area contributed by atoms with Crippen LogP contribution in [0.3, 0.4) is 0 Å². The van der Waals surface area contributed by atoms with E-state index in [1.54, 1.807) is 35.2 Å². The molecule has 0 saturated carbocycles. The molecule has 1 aliphatic rings. The summed E-state index contributed by atoms with van der Waals surface area (Å²) >= 11 is 0. The largest absolute Gasteiger partial charge is 0.347 e. The molecule has 2 aromatic carbocycles. The molecule has 1 aromatic heterocycles. The smallest absolute Gasteiger partial charge is 0.313 e. The molecule has 10 nitrogen and oxygen atoms in total. The minimum Gasteiger partial charge on any atom is -0.347 e. The van der Waals surface area contributed by atoms with E-state index in [2.05, 4.69) is 20.5 Å². The van der Waals surface area contributed by atoms with Crippen LogP contribution in [0.2, 0.25) is 0 Å². The number of aromatic nitrogens is 2. The number of piperazine rings is 1. The molecular weight excluding hydrogens is 460 g/mol. The molecule has 36 heavy (non-hydrogen) atoms. The molecule has 0 atom stereocenters. The van der Waals surface area contributed by atoms with Gasteiger partial charge in [0.1, 0.15) is 0 Å². The SMILES string of the molecule is Cc1ccc(NC(=O)C(=O)NCCN2CCN(C(=O)CCn3cnc4ccccc4c3=O)CC2)cc1. The molecule has 3 amide bonds. The average Bonchev–Trinajstić information content (AvgIpc) is 2.90. The van der Waals surface area contributed by atoms with Gasteiger partial charge in [-0.1, -0.05) is 29.8 Å². The summed E-state index contributed by atoms with van der Waals surface area (Å²) in [6, 6.07) is 14.4. The van der Waals surface area contributed by atoms with E-state index >= 15 is 0 Å². The Bertz CT molecular complexity index is 1300. The number of nitrogens with one attached hydrogen (secondary N) is 2. The van der Waals surface area contributed by atoms with Gasteiger partial charge in [-0.05, 0) is 31.2 Å². The summed E-state index contributed by atoms with van der Waals surface area (Å²) in [5.74, 6) is -1.38. The van der Waals surface area contributed by atoms with E-state index in [0.717, 1.165) is 5.56 Å². The fraction of sp³-hybridized carbons (Fsp3) is 0.346. The Labute approximate surface area is 208 Å². The number of rotatable bonds is 7. The van der Waals surface area contributed by atoms with Crippen molar-refractivity contribution in [2.24, 2.45) is 0 Å². The number of nitrogens with zero attached hydrogens (tertiary/aromatic N) is 4. The second-order valence-corrected chi connectivity index (χ2v) is 8.81. The maximum Gasteiger partial charge on any atom is 0.313 e. The minimum atomic E-state index is -0.699. The minimum absolute atomic E-state index is 0.00390. The molecule has 0 bridgehead atoms. The van der Waals surface area contributed by atoms with Crippen LogP contribution in [0.4, 0.5) is 5.69 Å². The van der Waals surface area contributed by atoms with Gasteiger partial charge < -0.3 is 15.5 Å². The molecule has 188 valence electrons. The monoisotopic (exact) mass is 490 g/mol. The van der Waals surface area contributed by atoms with E-state index in [-0.39, 0.29) is 24.4 Å². The molecule has 0 aliphatic carbocycles. The van der Waals surface area contributed by atoms with Gasteiger partial charge in [0.25, 0.3) is 5.56 Å². The summed E-state index contributed by atoms with van der Waals surface area (Å²) in [7, 11) is 0. The van der Waals surface area contributed by atoms with E-state index in [9.17, 15) is 19.2 Å². The van der Waals surface area contributed by atoms with Crippen molar-refractivity contribution in [3.8, 4) is 0 Å². The fourth-order valence-electron chi connectivity index (χ4n) is 4.09. The van der Waals surface area contributed by atoms with Gasteiger partial charge in [-0.25, -0.2) is 4.98 Å². The Morgan fingerprint density at radius 3 is 2.39 bits per heavy atom. The molecule has 4 rings (SSSR count). The highest BCUT2D eigenvalue weighted by atomic mass is 16.2. The summed E-state index contributed by atoms with van der Waals surface area (Å²) in [5, 5.41) is 5.76. The number of fused-ring (bicyclic) bond motifs is 1. The number of aryl methyl sites for hydroxylation is 2. The van der Waals surface area contributed by atoms with Crippen LogP contribution in [0, 0.1) is 6.92 Å². The van der Waals surface area contributed by atoms with Gasteiger partial charge in [0.05, 0.1) is 17.2 Å². The Balaban J connectivity index is 1.16. The van der Waals surface area contributed by atoms with Crippen molar-refractivity contribution >= 4 is 34.3 Å². The predicted molar refractivity (Wildman–Crippen MR) is 136 cm³/mol. The Kier molecular flexibility index (Phi) is 8.06. The number of hydrogen-bond acceptors (Lipinski definition) is 6. The number of benzene rings is 2. The summed E-state index contributed by atoms with van der Waals surface area (Å²) in [6.07, 6.45) is 1.72. The second kappa shape index (κ2) is 11.6. The van der Waals surface area contributed by atoms with Crippen molar-refractivity contribution in [3.63, 3.8) is 0 Å². The quantitative estimate of drug-likeness (QED) is 0.477. The van der Waals surface area contributed by atoms with E-state index < -0.39 is 11.8 Å². The van der Waals surface area contributed by atoms with Gasteiger partial charge >= 0.3 is 11.8 Å². The summed E-state index contributed by atoms with van der Waals surface area (Å²) in [4.78, 5) is 57.6. The van der Waals surface area contributed by atoms with Crippen molar-refractivity contribution in [3.05, 3.63) is 70.8 Å². The summed E-state index contributed by atoms with van der Waals surface area (Å²) < 4.78 is 1.48. The summed E-state index contributed by atoms with van der Waals surface area (Å²) in [5.41, 5.74) is 2.14. The van der Waals surface area contributed by atoms with Crippen LogP contribution in [0.1, 0.15) is 12.0 Å². The molecule has 0 unspecified atom stereocenters. The molecule has 0 spiro atoms. The van der Waals surface area contributed by atoms with Crippen LogP contribution < -0.4 is 16.2 Å². The number of carbonyl (C=O) groups is 3. The molecule has 3 aromatic rings. The van der Waals surface area contributed by atoms with Gasteiger partial charge in [-0.3, -0.25) is 28.6 Å². The van der Waals surface area contributed by atoms with Crippen LogP contribution in [-0.4, -0.2) is 76.3 Å². The van der Waals surface area contributed by atoms with E-state index in [4.69, 9.17) is 0 Å². The topological polar surface area (TPSA) is 117 Å². The van der Waals surface area contributed by atoms with Crippen LogP contribution in [-0.2, 0) is 20.9 Å². The maximum atomic E-state index is 12.7. The van der Waals surface area contributed by atoms with Gasteiger partial charge in [-0.2, -0.15) is 0 Å². The second-order valence-electron chi connectivity index (χ2n) is 8.81. The van der Waals surface area contributed by atoms with Crippen LogP contribution in [0.5, 0.6) is 0 Å². The lowest BCUT2D eigenvalue weighted by molar-refractivity contribution is -0.136. The number of amides is 3. The van der Waals surface area contributed by atoms with Gasteiger partial charge in [0.2, 0.25) is 5.91 Å². The van der Waals surface area contributed by atoms with Crippen molar-refractivity contribution < 1.29 is 14.4 Å². The zero-order chi connectivity index (χ0) is 25.5. The maximum absolute atomic E-state index is 12.7. The summed E-state index contributed by atoms with van der Waals surface area (Å²) in [6.45, 7) is 5.66. The third-order valence-electron chi connectivity index (χ3n) is 6.25. The van der Waals surface area contributed by atoms with Crippen LogP contribution in [0.15, 0.2) is 59.7 Å². The highest BCUT2D eigenvalue weighted by Crippen LogP contribution is 2.09. The van der Waals surface area contributed by atoms with Crippen molar-refractivity contribution in [1.29, 1.82) is 0 Å². The van der Waals surface area contributed by atoms with E-state index in [1.165, 1.54) is 10.9 Å². The molecular formula is C26H30N6O4. The number of para-hydroxylation sites is 1. The molecule has 1 saturated heterocycles.